The van der Waals surface area contributed by atoms with Crippen LogP contribution in [0.3, 0.4) is 0 Å². The highest BCUT2D eigenvalue weighted by Gasteiger charge is 2.33. The summed E-state index contributed by atoms with van der Waals surface area (Å²) in [5.74, 6) is 0.0270. The van der Waals surface area contributed by atoms with E-state index in [-0.39, 0.29) is 17.8 Å². The number of Topliss-reactive ketones (excluding diaryl/α,β-unsaturated/α-hetero) is 1. The van der Waals surface area contributed by atoms with E-state index in [1.807, 2.05) is 6.92 Å². The molecule has 1 aliphatic rings. The third kappa shape index (κ3) is 2.04. The lowest BCUT2D eigenvalue weighted by Crippen LogP contribution is -2.24. The SMILES string of the molecule is CCC1OCCC1C(=O)c1cnccn1. The van der Waals surface area contributed by atoms with Crippen LogP contribution in [0.15, 0.2) is 18.6 Å². The Kier molecular flexibility index (Phi) is 3.06. The lowest BCUT2D eigenvalue weighted by molar-refractivity contribution is 0.0685. The number of hydrogen-bond acceptors (Lipinski definition) is 4. The number of carbonyl (C=O) groups excluding carboxylic acids is 1. The van der Waals surface area contributed by atoms with E-state index in [0.717, 1.165) is 12.8 Å². The number of carbonyl (C=O) groups is 1. The van der Waals surface area contributed by atoms with Crippen molar-refractivity contribution in [3.8, 4) is 0 Å². The standard InChI is InChI=1S/C11H14N2O2/c1-2-10-8(3-6-15-10)11(14)9-7-12-4-5-13-9/h4-5,7-8,10H,2-3,6H2,1H3. The van der Waals surface area contributed by atoms with Crippen molar-refractivity contribution in [3.05, 3.63) is 24.3 Å². The van der Waals surface area contributed by atoms with Gasteiger partial charge >= 0.3 is 0 Å². The number of nitrogens with zero attached hydrogens (tertiary/aromatic N) is 2. The van der Waals surface area contributed by atoms with E-state index in [0.29, 0.717) is 12.3 Å². The van der Waals surface area contributed by atoms with E-state index in [2.05, 4.69) is 9.97 Å². The normalized spacial score (nSPS) is 25.4. The molecule has 0 amide bonds. The zero-order chi connectivity index (χ0) is 10.7. The van der Waals surface area contributed by atoms with Crippen molar-refractivity contribution >= 4 is 5.78 Å². The van der Waals surface area contributed by atoms with Crippen LogP contribution < -0.4 is 0 Å². The molecule has 4 heteroatoms. The molecule has 0 radical (unpaired) electrons. The third-order valence-electron chi connectivity index (χ3n) is 2.76. The highest BCUT2D eigenvalue weighted by molar-refractivity contribution is 5.96. The van der Waals surface area contributed by atoms with Crippen molar-refractivity contribution in [3.63, 3.8) is 0 Å². The predicted octanol–water partition coefficient (Wildman–Crippen LogP) is 1.47. The fourth-order valence-corrected chi connectivity index (χ4v) is 1.97. The second kappa shape index (κ2) is 4.49. The van der Waals surface area contributed by atoms with Crippen LogP contribution >= 0.6 is 0 Å². The molecule has 0 aliphatic carbocycles. The number of rotatable bonds is 3. The Balaban J connectivity index is 2.14. The molecule has 0 N–H and O–H groups in total. The van der Waals surface area contributed by atoms with E-state index in [1.165, 1.54) is 6.20 Å². The maximum Gasteiger partial charge on any atom is 0.188 e. The monoisotopic (exact) mass is 206 g/mol. The Morgan fingerprint density at radius 2 is 2.47 bits per heavy atom. The van der Waals surface area contributed by atoms with Gasteiger partial charge < -0.3 is 4.74 Å². The smallest absolute Gasteiger partial charge is 0.188 e. The van der Waals surface area contributed by atoms with E-state index in [4.69, 9.17) is 4.74 Å². The second-order valence-electron chi connectivity index (χ2n) is 3.67. The fraction of sp³-hybridized carbons (Fsp3) is 0.545. The van der Waals surface area contributed by atoms with E-state index in [1.54, 1.807) is 12.4 Å². The third-order valence-corrected chi connectivity index (χ3v) is 2.76. The van der Waals surface area contributed by atoms with Gasteiger partial charge in [-0.3, -0.25) is 9.78 Å². The predicted molar refractivity (Wildman–Crippen MR) is 54.5 cm³/mol. The van der Waals surface area contributed by atoms with Gasteiger partial charge in [0.1, 0.15) is 5.69 Å². The molecule has 2 atom stereocenters. The van der Waals surface area contributed by atoms with Crippen molar-refractivity contribution in [2.24, 2.45) is 5.92 Å². The summed E-state index contributed by atoms with van der Waals surface area (Å²) in [5.41, 5.74) is 0.450. The van der Waals surface area contributed by atoms with Crippen LogP contribution in [0.25, 0.3) is 0 Å². The molecule has 1 aromatic heterocycles. The van der Waals surface area contributed by atoms with Crippen molar-refractivity contribution in [1.29, 1.82) is 0 Å². The summed E-state index contributed by atoms with van der Waals surface area (Å²) in [7, 11) is 0. The molecule has 0 bridgehead atoms. The van der Waals surface area contributed by atoms with Gasteiger partial charge in [-0.2, -0.15) is 0 Å². The van der Waals surface area contributed by atoms with Gasteiger partial charge in [-0.05, 0) is 12.8 Å². The lowest BCUT2D eigenvalue weighted by Gasteiger charge is -2.14. The molecule has 4 nitrogen and oxygen atoms in total. The zero-order valence-corrected chi connectivity index (χ0v) is 8.72. The van der Waals surface area contributed by atoms with Gasteiger partial charge in [0, 0.05) is 19.0 Å². The molecular weight excluding hydrogens is 192 g/mol. The zero-order valence-electron chi connectivity index (χ0n) is 8.72. The Morgan fingerprint density at radius 1 is 1.60 bits per heavy atom. The average Bonchev–Trinajstić information content (AvgIpc) is 2.77. The first-order chi connectivity index (χ1) is 7.33. The molecule has 1 fully saturated rings. The molecule has 1 aliphatic heterocycles. The summed E-state index contributed by atoms with van der Waals surface area (Å²) in [6.07, 6.45) is 6.36. The minimum Gasteiger partial charge on any atom is -0.377 e. The maximum atomic E-state index is 12.0. The first-order valence-corrected chi connectivity index (χ1v) is 5.24. The van der Waals surface area contributed by atoms with Crippen molar-refractivity contribution in [2.45, 2.75) is 25.9 Å². The highest BCUT2D eigenvalue weighted by Crippen LogP contribution is 2.26. The summed E-state index contributed by atoms with van der Waals surface area (Å²) >= 11 is 0. The summed E-state index contributed by atoms with van der Waals surface area (Å²) in [6.45, 7) is 2.71. The van der Waals surface area contributed by atoms with Gasteiger partial charge in [0.05, 0.1) is 18.2 Å². The summed E-state index contributed by atoms with van der Waals surface area (Å²) in [6, 6.07) is 0. The van der Waals surface area contributed by atoms with Gasteiger partial charge in [0.2, 0.25) is 0 Å². The Hall–Kier alpha value is -1.29. The molecule has 80 valence electrons. The first kappa shape index (κ1) is 10.2. The second-order valence-corrected chi connectivity index (χ2v) is 3.67. The molecule has 2 unspecified atom stereocenters. The van der Waals surface area contributed by atoms with Crippen LogP contribution in [0.4, 0.5) is 0 Å². The molecule has 0 aromatic carbocycles. The van der Waals surface area contributed by atoms with Gasteiger partial charge in [0.25, 0.3) is 0 Å². The molecule has 15 heavy (non-hydrogen) atoms. The van der Waals surface area contributed by atoms with Crippen LogP contribution in [0.1, 0.15) is 30.3 Å². The van der Waals surface area contributed by atoms with Crippen LogP contribution in [0, 0.1) is 5.92 Å². The average molecular weight is 206 g/mol. The number of hydrogen-bond donors (Lipinski definition) is 0. The quantitative estimate of drug-likeness (QED) is 0.703. The lowest BCUT2D eigenvalue weighted by atomic mass is 9.93. The van der Waals surface area contributed by atoms with Crippen LogP contribution in [0.5, 0.6) is 0 Å². The van der Waals surface area contributed by atoms with Crippen LogP contribution in [0.2, 0.25) is 0 Å². The summed E-state index contributed by atoms with van der Waals surface area (Å²) in [5, 5.41) is 0. The van der Waals surface area contributed by atoms with Gasteiger partial charge in [-0.25, -0.2) is 4.98 Å². The largest absolute Gasteiger partial charge is 0.377 e. The molecule has 2 rings (SSSR count). The van der Waals surface area contributed by atoms with Crippen molar-refractivity contribution in [2.75, 3.05) is 6.61 Å². The molecular formula is C11H14N2O2. The summed E-state index contributed by atoms with van der Waals surface area (Å²) < 4.78 is 5.49. The topological polar surface area (TPSA) is 52.1 Å². The van der Waals surface area contributed by atoms with E-state index >= 15 is 0 Å². The molecule has 1 aromatic rings. The van der Waals surface area contributed by atoms with Crippen LogP contribution in [-0.4, -0.2) is 28.5 Å². The number of ether oxygens (including phenoxy) is 1. The molecule has 1 saturated heterocycles. The Labute approximate surface area is 88.7 Å². The molecule has 0 spiro atoms. The van der Waals surface area contributed by atoms with Crippen LogP contribution in [-0.2, 0) is 4.74 Å². The fourth-order valence-electron chi connectivity index (χ4n) is 1.97. The Bertz CT molecular complexity index is 340. The Morgan fingerprint density at radius 3 is 3.13 bits per heavy atom. The minimum atomic E-state index is -0.0355. The number of ketones is 1. The summed E-state index contributed by atoms with van der Waals surface area (Å²) in [4.78, 5) is 20.0. The maximum absolute atomic E-state index is 12.0. The first-order valence-electron chi connectivity index (χ1n) is 5.24. The van der Waals surface area contributed by atoms with Crippen molar-refractivity contribution in [1.82, 2.24) is 9.97 Å². The minimum absolute atomic E-state index is 0.0355. The van der Waals surface area contributed by atoms with E-state index in [9.17, 15) is 4.79 Å². The van der Waals surface area contributed by atoms with Crippen molar-refractivity contribution < 1.29 is 9.53 Å². The molecule has 2 heterocycles. The van der Waals surface area contributed by atoms with Gasteiger partial charge in [-0.1, -0.05) is 6.92 Å². The van der Waals surface area contributed by atoms with E-state index < -0.39 is 0 Å². The van der Waals surface area contributed by atoms with Gasteiger partial charge in [0.15, 0.2) is 5.78 Å². The number of aromatic nitrogens is 2. The molecule has 0 saturated carbocycles. The van der Waals surface area contributed by atoms with Gasteiger partial charge in [-0.15, -0.1) is 0 Å². The highest BCUT2D eigenvalue weighted by atomic mass is 16.5.